The number of halogens is 1. The van der Waals surface area contributed by atoms with E-state index < -0.39 is 11.7 Å². The topological polar surface area (TPSA) is 86.7 Å². The lowest BCUT2D eigenvalue weighted by Crippen LogP contribution is -2.43. The smallest absolute Gasteiger partial charge is 0.122 e. The molecule has 0 radical (unpaired) electrons. The molecule has 0 aliphatic heterocycles. The van der Waals surface area contributed by atoms with Crippen molar-refractivity contribution in [3.05, 3.63) is 52.6 Å². The molecule has 0 saturated carbocycles. The highest BCUT2D eigenvalue weighted by molar-refractivity contribution is 6.30. The largest absolute Gasteiger partial charge is 0.508 e. The van der Waals surface area contributed by atoms with Gasteiger partial charge < -0.3 is 21.1 Å². The number of allylic oxidation sites excluding steroid dienone is 1. The van der Waals surface area contributed by atoms with Gasteiger partial charge in [0.15, 0.2) is 0 Å². The van der Waals surface area contributed by atoms with Crippen LogP contribution in [0.2, 0.25) is 0 Å². The molecule has 0 spiro atoms. The van der Waals surface area contributed by atoms with Crippen molar-refractivity contribution in [2.45, 2.75) is 31.0 Å². The van der Waals surface area contributed by atoms with E-state index in [9.17, 15) is 15.3 Å². The van der Waals surface area contributed by atoms with Crippen LogP contribution in [0, 0.1) is 0 Å². The summed E-state index contributed by atoms with van der Waals surface area (Å²) in [6.07, 6.45) is 3.68. The fraction of sp³-hybridized carbons (Fsp3) is 0.375. The second kappa shape index (κ2) is 6.62. The van der Waals surface area contributed by atoms with Crippen LogP contribution in [-0.4, -0.2) is 33.6 Å². The minimum Gasteiger partial charge on any atom is -0.508 e. The van der Waals surface area contributed by atoms with Crippen LogP contribution in [0.5, 0.6) is 5.75 Å². The molecule has 0 bridgehead atoms. The standard InChI is InChI=1S/C16H20ClNO3/c17-14-9-12(6-8-18)10-16(21,15(14)20)7-5-11-1-3-13(19)4-2-11/h1-4,9-10,15,19-21H,5-8,18H2. The first-order chi connectivity index (χ1) is 9.94. The van der Waals surface area contributed by atoms with Crippen molar-refractivity contribution in [3.8, 4) is 5.75 Å². The van der Waals surface area contributed by atoms with Crippen molar-refractivity contribution in [2.75, 3.05) is 6.54 Å². The first-order valence-corrected chi connectivity index (χ1v) is 7.29. The number of rotatable bonds is 5. The van der Waals surface area contributed by atoms with Crippen LogP contribution in [0.4, 0.5) is 0 Å². The molecular weight excluding hydrogens is 290 g/mol. The fourth-order valence-corrected chi connectivity index (χ4v) is 2.79. The second-order valence-corrected chi connectivity index (χ2v) is 5.78. The van der Waals surface area contributed by atoms with Crippen molar-refractivity contribution in [2.24, 2.45) is 5.73 Å². The molecule has 1 aromatic rings. The molecule has 0 fully saturated rings. The van der Waals surface area contributed by atoms with Crippen molar-refractivity contribution in [1.29, 1.82) is 0 Å². The molecule has 1 aromatic carbocycles. The minimum atomic E-state index is -1.39. The highest BCUT2D eigenvalue weighted by Crippen LogP contribution is 2.33. The number of phenolic OH excluding ortho intramolecular Hbond substituents is 1. The average molecular weight is 310 g/mol. The molecule has 1 aliphatic carbocycles. The van der Waals surface area contributed by atoms with Crippen molar-refractivity contribution < 1.29 is 15.3 Å². The summed E-state index contributed by atoms with van der Waals surface area (Å²) in [6, 6.07) is 6.77. The third kappa shape index (κ3) is 3.86. The Morgan fingerprint density at radius 2 is 1.86 bits per heavy atom. The van der Waals surface area contributed by atoms with E-state index in [1.54, 1.807) is 36.4 Å². The Morgan fingerprint density at radius 3 is 2.48 bits per heavy atom. The third-order valence-corrected chi connectivity index (χ3v) is 3.99. The van der Waals surface area contributed by atoms with E-state index in [1.165, 1.54) is 0 Å². The number of benzene rings is 1. The van der Waals surface area contributed by atoms with E-state index in [-0.39, 0.29) is 10.8 Å². The van der Waals surface area contributed by atoms with Crippen molar-refractivity contribution in [3.63, 3.8) is 0 Å². The SMILES string of the molecule is NCCC1=CC(O)(CCc2ccc(O)cc2)C(O)C(Cl)=C1. The van der Waals surface area contributed by atoms with Gasteiger partial charge in [0.25, 0.3) is 0 Å². The highest BCUT2D eigenvalue weighted by atomic mass is 35.5. The van der Waals surface area contributed by atoms with Gasteiger partial charge in [-0.25, -0.2) is 0 Å². The number of aliphatic hydroxyl groups is 2. The molecule has 0 aromatic heterocycles. The monoisotopic (exact) mass is 309 g/mol. The fourth-order valence-electron chi connectivity index (χ4n) is 2.46. The molecule has 4 nitrogen and oxygen atoms in total. The molecule has 0 saturated heterocycles. The molecular formula is C16H20ClNO3. The lowest BCUT2D eigenvalue weighted by molar-refractivity contribution is -0.0241. The molecule has 5 N–H and O–H groups in total. The van der Waals surface area contributed by atoms with E-state index in [4.69, 9.17) is 17.3 Å². The van der Waals surface area contributed by atoms with Crippen LogP contribution < -0.4 is 5.73 Å². The van der Waals surface area contributed by atoms with Gasteiger partial charge in [-0.05, 0) is 61.2 Å². The summed E-state index contributed by atoms with van der Waals surface area (Å²) in [7, 11) is 0. The number of aryl methyl sites for hydroxylation is 1. The normalized spacial score (nSPS) is 25.4. The Kier molecular flexibility index (Phi) is 5.06. The summed E-state index contributed by atoms with van der Waals surface area (Å²) in [4.78, 5) is 0. The van der Waals surface area contributed by atoms with Gasteiger partial charge in [0.2, 0.25) is 0 Å². The van der Waals surface area contributed by atoms with E-state index in [2.05, 4.69) is 0 Å². The maximum Gasteiger partial charge on any atom is 0.122 e. The summed E-state index contributed by atoms with van der Waals surface area (Å²) in [5, 5.41) is 30.3. The number of nitrogens with two attached hydrogens (primary N) is 1. The zero-order valence-corrected chi connectivity index (χ0v) is 12.4. The zero-order valence-electron chi connectivity index (χ0n) is 11.7. The predicted molar refractivity (Wildman–Crippen MR) is 83.1 cm³/mol. The number of phenols is 1. The maximum absolute atomic E-state index is 10.7. The van der Waals surface area contributed by atoms with Gasteiger partial charge in [-0.15, -0.1) is 0 Å². The summed E-state index contributed by atoms with van der Waals surface area (Å²) < 4.78 is 0. The van der Waals surface area contributed by atoms with Crippen molar-refractivity contribution in [1.82, 2.24) is 0 Å². The molecule has 5 heteroatoms. The Balaban J connectivity index is 2.12. The van der Waals surface area contributed by atoms with Crippen LogP contribution in [0.1, 0.15) is 18.4 Å². The molecule has 2 atom stereocenters. The number of hydrogen-bond donors (Lipinski definition) is 4. The van der Waals surface area contributed by atoms with E-state index in [0.717, 1.165) is 11.1 Å². The van der Waals surface area contributed by atoms with E-state index in [0.29, 0.717) is 25.8 Å². The van der Waals surface area contributed by atoms with Crippen LogP contribution >= 0.6 is 11.6 Å². The van der Waals surface area contributed by atoms with Crippen molar-refractivity contribution >= 4 is 11.6 Å². The Hall–Kier alpha value is -1.33. The minimum absolute atomic E-state index is 0.200. The number of aliphatic hydroxyl groups excluding tert-OH is 1. The maximum atomic E-state index is 10.7. The Labute approximate surface area is 129 Å². The lowest BCUT2D eigenvalue weighted by atomic mass is 9.83. The molecule has 1 aliphatic rings. The van der Waals surface area contributed by atoms with Crippen LogP contribution in [0.3, 0.4) is 0 Å². The van der Waals surface area contributed by atoms with E-state index in [1.807, 2.05) is 0 Å². The molecule has 2 rings (SSSR count). The first kappa shape index (κ1) is 16.0. The quantitative estimate of drug-likeness (QED) is 0.668. The molecule has 2 unspecified atom stereocenters. The van der Waals surface area contributed by atoms with Crippen LogP contribution in [0.25, 0.3) is 0 Å². The molecule has 0 heterocycles. The summed E-state index contributed by atoms with van der Waals surface area (Å²) in [5.74, 6) is 0.200. The third-order valence-electron chi connectivity index (χ3n) is 3.68. The Bertz CT molecular complexity index is 553. The van der Waals surface area contributed by atoms with Gasteiger partial charge in [-0.1, -0.05) is 23.7 Å². The van der Waals surface area contributed by atoms with Gasteiger partial charge in [0.05, 0.1) is 5.03 Å². The predicted octanol–water partition coefficient (Wildman–Crippen LogP) is 1.83. The highest BCUT2D eigenvalue weighted by Gasteiger charge is 2.37. The van der Waals surface area contributed by atoms with Gasteiger partial charge in [-0.2, -0.15) is 0 Å². The van der Waals surface area contributed by atoms with E-state index >= 15 is 0 Å². The van der Waals surface area contributed by atoms with Crippen LogP contribution in [-0.2, 0) is 6.42 Å². The molecule has 0 amide bonds. The van der Waals surface area contributed by atoms with Gasteiger partial charge in [0.1, 0.15) is 17.5 Å². The first-order valence-electron chi connectivity index (χ1n) is 6.92. The van der Waals surface area contributed by atoms with Gasteiger partial charge in [-0.3, -0.25) is 0 Å². The van der Waals surface area contributed by atoms with Crippen LogP contribution in [0.15, 0.2) is 47.0 Å². The summed E-state index contributed by atoms with van der Waals surface area (Å²) in [6.45, 7) is 0.455. The molecule has 114 valence electrons. The Morgan fingerprint density at radius 1 is 1.19 bits per heavy atom. The lowest BCUT2D eigenvalue weighted by Gasteiger charge is -2.34. The van der Waals surface area contributed by atoms with Gasteiger partial charge >= 0.3 is 0 Å². The molecule has 21 heavy (non-hydrogen) atoms. The average Bonchev–Trinajstić information content (AvgIpc) is 2.45. The number of hydrogen-bond acceptors (Lipinski definition) is 4. The number of aromatic hydroxyl groups is 1. The second-order valence-electron chi connectivity index (χ2n) is 5.35. The summed E-state index contributed by atoms with van der Waals surface area (Å²) in [5.41, 5.74) is 5.93. The zero-order chi connectivity index (χ0) is 15.5. The summed E-state index contributed by atoms with van der Waals surface area (Å²) >= 11 is 6.02. The van der Waals surface area contributed by atoms with Gasteiger partial charge in [0, 0.05) is 0 Å².